The predicted molar refractivity (Wildman–Crippen MR) is 65.9 cm³/mol. The monoisotopic (exact) mass is 310 g/mol. The molecule has 0 saturated carbocycles. The lowest BCUT2D eigenvalue weighted by Gasteiger charge is -1.97. The van der Waals surface area contributed by atoms with Gasteiger partial charge in [-0.15, -0.1) is 0 Å². The van der Waals surface area contributed by atoms with Crippen molar-refractivity contribution in [2.75, 3.05) is 5.73 Å². The van der Waals surface area contributed by atoms with Gasteiger partial charge in [-0.05, 0) is 34.7 Å². The minimum Gasteiger partial charge on any atom is -0.383 e. The highest BCUT2D eigenvalue weighted by atomic mass is 127. The molecule has 1 heterocycles. The fourth-order valence-electron chi connectivity index (χ4n) is 1.29. The first-order valence-corrected chi connectivity index (χ1v) is 5.30. The molecule has 0 bridgehead atoms. The molecule has 1 aromatic heterocycles. The van der Waals surface area contributed by atoms with Gasteiger partial charge >= 0.3 is 0 Å². The molecule has 1 aromatic carbocycles. The van der Waals surface area contributed by atoms with E-state index in [9.17, 15) is 0 Å². The summed E-state index contributed by atoms with van der Waals surface area (Å²) in [5.41, 5.74) is 7.47. The van der Waals surface area contributed by atoms with Crippen LogP contribution in [-0.4, -0.2) is 10.2 Å². The molecule has 3 N–H and O–H groups in total. The molecule has 0 spiro atoms. The highest BCUT2D eigenvalue weighted by molar-refractivity contribution is 14.1. The van der Waals surface area contributed by atoms with Crippen molar-refractivity contribution in [3.05, 3.63) is 33.4 Å². The van der Waals surface area contributed by atoms with Gasteiger partial charge in [-0.3, -0.25) is 5.10 Å². The Hall–Kier alpha value is -1.55. The summed E-state index contributed by atoms with van der Waals surface area (Å²) < 4.78 is 1.14. The molecule has 0 atom stereocenters. The van der Waals surface area contributed by atoms with E-state index >= 15 is 0 Å². The van der Waals surface area contributed by atoms with Crippen LogP contribution in [0.2, 0.25) is 0 Å². The zero-order chi connectivity index (χ0) is 10.8. The largest absolute Gasteiger partial charge is 0.383 e. The van der Waals surface area contributed by atoms with Gasteiger partial charge in [0.15, 0.2) is 0 Å². The van der Waals surface area contributed by atoms with E-state index in [1.165, 1.54) is 0 Å². The number of hydrogen-bond donors (Lipinski definition) is 2. The molecule has 4 nitrogen and oxygen atoms in total. The van der Waals surface area contributed by atoms with Crippen LogP contribution in [0, 0.1) is 14.9 Å². The number of aromatic nitrogens is 2. The lowest BCUT2D eigenvalue weighted by Crippen LogP contribution is -1.87. The molecule has 0 aliphatic heterocycles. The number of hydrogen-bond acceptors (Lipinski definition) is 3. The van der Waals surface area contributed by atoms with Crippen LogP contribution in [0.4, 0.5) is 5.82 Å². The average Bonchev–Trinajstić information content (AvgIpc) is 2.61. The van der Waals surface area contributed by atoms with Gasteiger partial charge in [-0.1, -0.05) is 12.1 Å². The fourth-order valence-corrected chi connectivity index (χ4v) is 1.64. The number of H-pyrrole nitrogens is 1. The number of rotatable bonds is 1. The Bertz CT molecular complexity index is 521. The molecule has 15 heavy (non-hydrogen) atoms. The summed E-state index contributed by atoms with van der Waals surface area (Å²) in [6.07, 6.45) is 0. The van der Waals surface area contributed by atoms with E-state index < -0.39 is 0 Å². The summed E-state index contributed by atoms with van der Waals surface area (Å²) in [5.74, 6) is 0.311. The number of nitrogens with two attached hydrogens (primary N) is 1. The van der Waals surface area contributed by atoms with Crippen LogP contribution in [0.25, 0.3) is 11.3 Å². The smallest absolute Gasteiger partial charge is 0.137 e. The van der Waals surface area contributed by atoms with E-state index in [4.69, 9.17) is 11.0 Å². The van der Waals surface area contributed by atoms with Gasteiger partial charge < -0.3 is 5.73 Å². The predicted octanol–water partition coefficient (Wildman–Crippen LogP) is 2.14. The molecule has 0 aliphatic rings. The topological polar surface area (TPSA) is 78.5 Å². The quantitative estimate of drug-likeness (QED) is 0.792. The van der Waals surface area contributed by atoms with Crippen LogP contribution in [0.5, 0.6) is 0 Å². The van der Waals surface area contributed by atoms with Crippen LogP contribution < -0.4 is 5.73 Å². The number of nitrogens with one attached hydrogen (secondary N) is 1. The second kappa shape index (κ2) is 3.90. The lowest BCUT2D eigenvalue weighted by atomic mass is 10.1. The van der Waals surface area contributed by atoms with Gasteiger partial charge in [0.1, 0.15) is 23.1 Å². The van der Waals surface area contributed by atoms with Crippen molar-refractivity contribution in [1.29, 1.82) is 5.26 Å². The van der Waals surface area contributed by atoms with Gasteiger partial charge in [0.25, 0.3) is 0 Å². The van der Waals surface area contributed by atoms with Crippen molar-refractivity contribution < 1.29 is 0 Å². The van der Waals surface area contributed by atoms with E-state index in [1.54, 1.807) is 0 Å². The molecule has 2 rings (SSSR count). The van der Waals surface area contributed by atoms with Gasteiger partial charge in [-0.25, -0.2) is 0 Å². The highest BCUT2D eigenvalue weighted by Gasteiger charge is 2.11. The normalized spacial score (nSPS) is 9.87. The fraction of sp³-hybridized carbons (Fsp3) is 0. The Morgan fingerprint density at radius 1 is 1.33 bits per heavy atom. The molecule has 0 saturated heterocycles. The maximum atomic E-state index is 8.91. The Balaban J connectivity index is 2.55. The Kier molecular flexibility index (Phi) is 2.60. The number of benzene rings is 1. The van der Waals surface area contributed by atoms with Gasteiger partial charge in [0.05, 0.1) is 0 Å². The summed E-state index contributed by atoms with van der Waals surface area (Å²) in [6.45, 7) is 0. The van der Waals surface area contributed by atoms with E-state index in [1.807, 2.05) is 30.3 Å². The summed E-state index contributed by atoms with van der Waals surface area (Å²) in [4.78, 5) is 0. The first kappa shape index (κ1) is 9.98. The third-order valence-electron chi connectivity index (χ3n) is 2.02. The minimum atomic E-state index is 0.311. The maximum Gasteiger partial charge on any atom is 0.137 e. The number of aromatic amines is 1. The Labute approximate surface area is 100 Å². The molecule has 2 aromatic rings. The van der Waals surface area contributed by atoms with Gasteiger partial charge in [0, 0.05) is 9.13 Å². The first-order chi connectivity index (χ1) is 7.22. The van der Waals surface area contributed by atoms with E-state index in [0.29, 0.717) is 17.1 Å². The molecule has 0 fully saturated rings. The summed E-state index contributed by atoms with van der Waals surface area (Å²) >= 11 is 2.22. The molecule has 0 aliphatic carbocycles. The molecular weight excluding hydrogens is 303 g/mol. The van der Waals surface area contributed by atoms with Crippen LogP contribution in [0.3, 0.4) is 0 Å². The van der Waals surface area contributed by atoms with Crippen molar-refractivity contribution in [3.63, 3.8) is 0 Å². The summed E-state index contributed by atoms with van der Waals surface area (Å²) in [5, 5.41) is 15.5. The molecule has 0 radical (unpaired) electrons. The number of halogens is 1. The average molecular weight is 310 g/mol. The lowest BCUT2D eigenvalue weighted by molar-refractivity contribution is 1.10. The maximum absolute atomic E-state index is 8.91. The third-order valence-corrected chi connectivity index (χ3v) is 2.74. The zero-order valence-electron chi connectivity index (χ0n) is 7.66. The van der Waals surface area contributed by atoms with E-state index in [-0.39, 0.29) is 0 Å². The molecule has 0 amide bonds. The standard InChI is InChI=1S/C10H7IN4/c11-7-3-1-6(2-4-7)9-8(5-12)10(13)15-14-9/h1-4H,(H3,13,14,15). The summed E-state index contributed by atoms with van der Waals surface area (Å²) in [6, 6.07) is 9.79. The highest BCUT2D eigenvalue weighted by Crippen LogP contribution is 2.24. The van der Waals surface area contributed by atoms with E-state index in [2.05, 4.69) is 32.8 Å². The number of nitriles is 1. The van der Waals surface area contributed by atoms with E-state index in [0.717, 1.165) is 9.13 Å². The minimum absolute atomic E-state index is 0.311. The zero-order valence-corrected chi connectivity index (χ0v) is 9.82. The van der Waals surface area contributed by atoms with Crippen LogP contribution in [-0.2, 0) is 0 Å². The Morgan fingerprint density at radius 3 is 2.60 bits per heavy atom. The second-order valence-corrected chi connectivity index (χ2v) is 4.23. The van der Waals surface area contributed by atoms with Crippen LogP contribution >= 0.6 is 22.6 Å². The first-order valence-electron chi connectivity index (χ1n) is 4.22. The Morgan fingerprint density at radius 2 is 2.00 bits per heavy atom. The van der Waals surface area contributed by atoms with Crippen molar-refractivity contribution in [2.24, 2.45) is 0 Å². The van der Waals surface area contributed by atoms with Crippen molar-refractivity contribution in [3.8, 4) is 17.3 Å². The second-order valence-electron chi connectivity index (χ2n) is 2.98. The van der Waals surface area contributed by atoms with Gasteiger partial charge in [0.2, 0.25) is 0 Å². The van der Waals surface area contributed by atoms with Crippen LogP contribution in [0.1, 0.15) is 5.56 Å². The van der Waals surface area contributed by atoms with Crippen molar-refractivity contribution in [2.45, 2.75) is 0 Å². The molecule has 74 valence electrons. The number of anilines is 1. The number of nitrogen functional groups attached to an aromatic ring is 1. The third kappa shape index (κ3) is 1.80. The summed E-state index contributed by atoms with van der Waals surface area (Å²) in [7, 11) is 0. The molecule has 0 unspecified atom stereocenters. The molecular formula is C10H7IN4. The van der Waals surface area contributed by atoms with Crippen LogP contribution in [0.15, 0.2) is 24.3 Å². The van der Waals surface area contributed by atoms with Crippen molar-refractivity contribution in [1.82, 2.24) is 10.2 Å². The number of nitrogens with zero attached hydrogens (tertiary/aromatic N) is 2. The SMILES string of the molecule is N#Cc1c(-c2ccc(I)cc2)n[nH]c1N. The van der Waals surface area contributed by atoms with Gasteiger partial charge in [-0.2, -0.15) is 10.4 Å². The van der Waals surface area contributed by atoms with Crippen molar-refractivity contribution >= 4 is 28.4 Å². The molecule has 5 heteroatoms.